The van der Waals surface area contributed by atoms with Crippen LogP contribution >= 0.6 is 27.5 Å². The molecule has 0 amide bonds. The molecule has 0 saturated heterocycles. The molecule has 4 aromatic rings. The van der Waals surface area contributed by atoms with Crippen molar-refractivity contribution in [3.8, 4) is 11.1 Å². The average Bonchev–Trinajstić information content (AvgIpc) is 2.87. The second-order valence-electron chi connectivity index (χ2n) is 4.93. The zero-order valence-electron chi connectivity index (χ0n) is 10.9. The van der Waals surface area contributed by atoms with E-state index in [0.717, 1.165) is 37.0 Å². The predicted molar refractivity (Wildman–Crippen MR) is 91.9 cm³/mol. The molecule has 0 aliphatic rings. The van der Waals surface area contributed by atoms with E-state index < -0.39 is 0 Å². The van der Waals surface area contributed by atoms with E-state index in [-0.39, 0.29) is 0 Å². The van der Waals surface area contributed by atoms with E-state index in [0.29, 0.717) is 0 Å². The second-order valence-corrected chi connectivity index (χ2v) is 6.26. The summed E-state index contributed by atoms with van der Waals surface area (Å²) in [6, 6.07) is 20.2. The Morgan fingerprint density at radius 1 is 0.810 bits per heavy atom. The van der Waals surface area contributed by atoms with Gasteiger partial charge in [-0.2, -0.15) is 0 Å². The molecule has 1 nitrogen and oxygen atoms in total. The molecule has 0 fully saturated rings. The van der Waals surface area contributed by atoms with Gasteiger partial charge < -0.3 is 4.42 Å². The summed E-state index contributed by atoms with van der Waals surface area (Å²) in [5, 5.41) is 2.75. The van der Waals surface area contributed by atoms with Crippen molar-refractivity contribution in [2.45, 2.75) is 0 Å². The van der Waals surface area contributed by atoms with Gasteiger partial charge in [0, 0.05) is 15.2 Å². The van der Waals surface area contributed by atoms with E-state index >= 15 is 0 Å². The minimum atomic E-state index is 0.721. The minimum Gasteiger partial charge on any atom is -0.456 e. The molecule has 102 valence electrons. The van der Waals surface area contributed by atoms with Gasteiger partial charge in [0.2, 0.25) is 0 Å². The molecule has 0 atom stereocenters. The Labute approximate surface area is 135 Å². The average molecular weight is 358 g/mol. The predicted octanol–water partition coefficient (Wildman–Crippen LogP) is 6.67. The lowest BCUT2D eigenvalue weighted by molar-refractivity contribution is 0.669. The first-order valence-electron chi connectivity index (χ1n) is 6.59. The fourth-order valence-corrected chi connectivity index (χ4v) is 3.14. The molecule has 0 radical (unpaired) electrons. The van der Waals surface area contributed by atoms with Crippen LogP contribution in [0, 0.1) is 0 Å². The van der Waals surface area contributed by atoms with E-state index in [2.05, 4.69) is 40.2 Å². The number of hydrogen-bond acceptors (Lipinski definition) is 1. The molecular formula is C18H10BrClO. The highest BCUT2D eigenvalue weighted by molar-refractivity contribution is 9.10. The van der Waals surface area contributed by atoms with Gasteiger partial charge in [-0.3, -0.25) is 0 Å². The maximum Gasteiger partial charge on any atom is 0.136 e. The van der Waals surface area contributed by atoms with Crippen LogP contribution in [0.1, 0.15) is 0 Å². The van der Waals surface area contributed by atoms with Crippen molar-refractivity contribution in [2.75, 3.05) is 0 Å². The normalized spacial score (nSPS) is 11.3. The third-order valence-corrected chi connectivity index (χ3v) is 4.47. The lowest BCUT2D eigenvalue weighted by Crippen LogP contribution is -1.77. The first-order valence-corrected chi connectivity index (χ1v) is 7.76. The standard InChI is InChI=1S/C18H10BrClO/c19-13-7-4-11(5-8-13)12-6-9-16-14(10-12)18-15(20)2-1-3-17(18)21-16/h1-10H. The van der Waals surface area contributed by atoms with Crippen molar-refractivity contribution in [1.29, 1.82) is 0 Å². The molecule has 21 heavy (non-hydrogen) atoms. The summed E-state index contributed by atoms with van der Waals surface area (Å²) < 4.78 is 6.92. The zero-order chi connectivity index (χ0) is 14.4. The van der Waals surface area contributed by atoms with Gasteiger partial charge in [0.15, 0.2) is 0 Å². The van der Waals surface area contributed by atoms with Crippen molar-refractivity contribution in [2.24, 2.45) is 0 Å². The van der Waals surface area contributed by atoms with Crippen LogP contribution in [0.3, 0.4) is 0 Å². The van der Waals surface area contributed by atoms with E-state index in [9.17, 15) is 0 Å². The van der Waals surface area contributed by atoms with Crippen LogP contribution in [0.4, 0.5) is 0 Å². The van der Waals surface area contributed by atoms with Gasteiger partial charge in [-0.25, -0.2) is 0 Å². The first kappa shape index (κ1) is 12.9. The maximum absolute atomic E-state index is 6.33. The van der Waals surface area contributed by atoms with Gasteiger partial charge in [0.1, 0.15) is 11.2 Å². The Bertz CT molecular complexity index is 954. The van der Waals surface area contributed by atoms with Crippen molar-refractivity contribution in [1.82, 2.24) is 0 Å². The molecule has 1 aromatic heterocycles. The van der Waals surface area contributed by atoms with Crippen molar-refractivity contribution >= 4 is 49.5 Å². The van der Waals surface area contributed by atoms with Crippen LogP contribution in [0.5, 0.6) is 0 Å². The summed E-state index contributed by atoms with van der Waals surface area (Å²) in [7, 11) is 0. The lowest BCUT2D eigenvalue weighted by atomic mass is 10.0. The fourth-order valence-electron chi connectivity index (χ4n) is 2.61. The topological polar surface area (TPSA) is 13.1 Å². The van der Waals surface area contributed by atoms with Crippen molar-refractivity contribution in [3.05, 3.63) is 70.2 Å². The quantitative estimate of drug-likeness (QED) is 0.371. The zero-order valence-corrected chi connectivity index (χ0v) is 13.3. The molecule has 1 heterocycles. The molecule has 0 bridgehead atoms. The molecule has 3 heteroatoms. The lowest BCUT2D eigenvalue weighted by Gasteiger charge is -2.02. The van der Waals surface area contributed by atoms with Crippen LogP contribution in [-0.2, 0) is 0 Å². The molecule has 4 rings (SSSR count). The van der Waals surface area contributed by atoms with Gasteiger partial charge in [-0.1, -0.05) is 51.8 Å². The number of rotatable bonds is 1. The number of hydrogen-bond donors (Lipinski definition) is 0. The van der Waals surface area contributed by atoms with Gasteiger partial charge in [0.05, 0.1) is 5.02 Å². The summed E-state index contributed by atoms with van der Waals surface area (Å²) in [6.07, 6.45) is 0. The van der Waals surface area contributed by atoms with E-state index in [1.54, 1.807) is 0 Å². The SMILES string of the molecule is Clc1cccc2oc3ccc(-c4ccc(Br)cc4)cc3c12. The molecule has 0 spiro atoms. The van der Waals surface area contributed by atoms with E-state index in [4.69, 9.17) is 16.0 Å². The number of benzene rings is 3. The Balaban J connectivity index is 2.00. The van der Waals surface area contributed by atoms with Gasteiger partial charge in [0.25, 0.3) is 0 Å². The third kappa shape index (κ3) is 2.15. The number of halogens is 2. The van der Waals surface area contributed by atoms with Crippen LogP contribution in [0.15, 0.2) is 69.6 Å². The Morgan fingerprint density at radius 2 is 1.57 bits per heavy atom. The third-order valence-electron chi connectivity index (χ3n) is 3.62. The van der Waals surface area contributed by atoms with Crippen molar-refractivity contribution in [3.63, 3.8) is 0 Å². The first-order chi connectivity index (χ1) is 10.2. The summed E-state index contributed by atoms with van der Waals surface area (Å²) in [5.74, 6) is 0. The van der Waals surface area contributed by atoms with Crippen molar-refractivity contribution < 1.29 is 4.42 Å². The Kier molecular flexibility index (Phi) is 3.02. The molecule has 0 N–H and O–H groups in total. The highest BCUT2D eigenvalue weighted by Gasteiger charge is 2.11. The largest absolute Gasteiger partial charge is 0.456 e. The number of fused-ring (bicyclic) bond motifs is 3. The number of furan rings is 1. The van der Waals surface area contributed by atoms with Gasteiger partial charge >= 0.3 is 0 Å². The molecular weight excluding hydrogens is 348 g/mol. The van der Waals surface area contributed by atoms with Crippen LogP contribution in [-0.4, -0.2) is 0 Å². The van der Waals surface area contributed by atoms with Gasteiger partial charge in [-0.15, -0.1) is 0 Å². The van der Waals surface area contributed by atoms with E-state index in [1.165, 1.54) is 5.56 Å². The highest BCUT2D eigenvalue weighted by Crippen LogP contribution is 2.36. The molecule has 0 aliphatic carbocycles. The fraction of sp³-hybridized carbons (Fsp3) is 0. The molecule has 3 aromatic carbocycles. The summed E-state index contributed by atoms with van der Waals surface area (Å²) in [6.45, 7) is 0. The summed E-state index contributed by atoms with van der Waals surface area (Å²) in [5.41, 5.74) is 4.00. The van der Waals surface area contributed by atoms with Crippen LogP contribution in [0.25, 0.3) is 33.1 Å². The van der Waals surface area contributed by atoms with Crippen LogP contribution < -0.4 is 0 Å². The smallest absolute Gasteiger partial charge is 0.136 e. The molecule has 0 saturated carbocycles. The maximum atomic E-state index is 6.33. The summed E-state index contributed by atoms with van der Waals surface area (Å²) >= 11 is 9.79. The summed E-state index contributed by atoms with van der Waals surface area (Å²) in [4.78, 5) is 0. The van der Waals surface area contributed by atoms with Gasteiger partial charge in [-0.05, 0) is 47.5 Å². The molecule has 0 aliphatic heterocycles. The monoisotopic (exact) mass is 356 g/mol. The van der Waals surface area contributed by atoms with E-state index in [1.807, 2.05) is 36.4 Å². The molecule has 0 unspecified atom stereocenters. The minimum absolute atomic E-state index is 0.721. The second kappa shape index (κ2) is 4.90. The highest BCUT2D eigenvalue weighted by atomic mass is 79.9. The Morgan fingerprint density at radius 3 is 2.38 bits per heavy atom. The van der Waals surface area contributed by atoms with Crippen LogP contribution in [0.2, 0.25) is 5.02 Å². The Hall–Kier alpha value is -1.77.